The molecule has 7 nitrogen and oxygen atoms in total. The number of carbonyl (C=O) groups excluding carboxylic acids is 2. The van der Waals surface area contributed by atoms with Crippen molar-refractivity contribution in [1.82, 2.24) is 10.6 Å². The van der Waals surface area contributed by atoms with E-state index in [-0.39, 0.29) is 12.7 Å². The number of methoxy groups -OCH3 is 1. The van der Waals surface area contributed by atoms with E-state index in [0.29, 0.717) is 33.4 Å². The SMILES string of the molecule is COc1cccc(C2NC(=O)NC(C)=C2C(=O)OC(C)C)c1OCc1cccc(Cl)c1. The fourth-order valence-corrected chi connectivity index (χ4v) is 3.55. The Morgan fingerprint density at radius 2 is 1.94 bits per heavy atom. The van der Waals surface area contributed by atoms with Gasteiger partial charge >= 0.3 is 12.0 Å². The Labute approximate surface area is 186 Å². The molecule has 0 aliphatic carbocycles. The van der Waals surface area contributed by atoms with Crippen LogP contribution in [-0.4, -0.2) is 25.2 Å². The molecule has 164 valence electrons. The zero-order valence-corrected chi connectivity index (χ0v) is 18.6. The summed E-state index contributed by atoms with van der Waals surface area (Å²) in [5, 5.41) is 6.04. The Balaban J connectivity index is 2.02. The van der Waals surface area contributed by atoms with Gasteiger partial charge in [0, 0.05) is 16.3 Å². The normalized spacial score (nSPS) is 15.9. The van der Waals surface area contributed by atoms with Crippen molar-refractivity contribution in [2.24, 2.45) is 0 Å². The van der Waals surface area contributed by atoms with Gasteiger partial charge in [-0.25, -0.2) is 9.59 Å². The summed E-state index contributed by atoms with van der Waals surface area (Å²) in [7, 11) is 1.53. The molecule has 8 heteroatoms. The number of ether oxygens (including phenoxy) is 3. The average Bonchev–Trinajstić information content (AvgIpc) is 2.70. The summed E-state index contributed by atoms with van der Waals surface area (Å²) in [6.07, 6.45) is -0.310. The van der Waals surface area contributed by atoms with Crippen molar-refractivity contribution in [2.75, 3.05) is 7.11 Å². The van der Waals surface area contributed by atoms with Crippen molar-refractivity contribution in [3.05, 3.63) is 69.9 Å². The fraction of sp³-hybridized carbons (Fsp3) is 0.304. The number of nitrogens with one attached hydrogen (secondary N) is 2. The highest BCUT2D eigenvalue weighted by molar-refractivity contribution is 6.30. The lowest BCUT2D eigenvalue weighted by Gasteiger charge is -2.30. The topological polar surface area (TPSA) is 85.9 Å². The Kier molecular flexibility index (Phi) is 7.07. The first-order chi connectivity index (χ1) is 14.8. The number of allylic oxidation sites excluding steroid dienone is 1. The van der Waals surface area contributed by atoms with Crippen LogP contribution in [0.1, 0.15) is 37.9 Å². The molecule has 2 N–H and O–H groups in total. The van der Waals surface area contributed by atoms with E-state index in [4.69, 9.17) is 25.8 Å². The van der Waals surface area contributed by atoms with Gasteiger partial charge in [-0.2, -0.15) is 0 Å². The Morgan fingerprint density at radius 1 is 1.19 bits per heavy atom. The van der Waals surface area contributed by atoms with Crippen LogP contribution in [0.4, 0.5) is 4.79 Å². The van der Waals surface area contributed by atoms with E-state index in [0.717, 1.165) is 5.56 Å². The van der Waals surface area contributed by atoms with Gasteiger partial charge in [0.05, 0.1) is 24.8 Å². The zero-order chi connectivity index (χ0) is 22.5. The van der Waals surface area contributed by atoms with Crippen molar-refractivity contribution in [3.63, 3.8) is 0 Å². The minimum absolute atomic E-state index is 0.224. The molecule has 0 bridgehead atoms. The number of rotatable bonds is 7. The van der Waals surface area contributed by atoms with Gasteiger partial charge in [0.25, 0.3) is 0 Å². The van der Waals surface area contributed by atoms with Crippen LogP contribution in [0, 0.1) is 0 Å². The molecular formula is C23H25ClN2O5. The van der Waals surface area contributed by atoms with E-state index in [1.54, 1.807) is 51.1 Å². The second-order valence-electron chi connectivity index (χ2n) is 7.32. The lowest BCUT2D eigenvalue weighted by atomic mass is 9.94. The van der Waals surface area contributed by atoms with Crippen LogP contribution in [-0.2, 0) is 16.1 Å². The molecule has 0 saturated heterocycles. The molecule has 1 aliphatic rings. The molecule has 31 heavy (non-hydrogen) atoms. The minimum Gasteiger partial charge on any atom is -0.493 e. The van der Waals surface area contributed by atoms with Gasteiger partial charge in [0.15, 0.2) is 11.5 Å². The van der Waals surface area contributed by atoms with Crippen molar-refractivity contribution in [3.8, 4) is 11.5 Å². The van der Waals surface area contributed by atoms with Gasteiger partial charge in [0.2, 0.25) is 0 Å². The predicted octanol–water partition coefficient (Wildman–Crippen LogP) is 4.51. The van der Waals surface area contributed by atoms with Crippen LogP contribution in [0.2, 0.25) is 5.02 Å². The van der Waals surface area contributed by atoms with Gasteiger partial charge in [-0.15, -0.1) is 0 Å². The number of hydrogen-bond acceptors (Lipinski definition) is 5. The third-order valence-corrected chi connectivity index (χ3v) is 4.88. The van der Waals surface area contributed by atoms with Crippen LogP contribution in [0.15, 0.2) is 53.7 Å². The molecule has 3 rings (SSSR count). The molecule has 0 aromatic heterocycles. The number of esters is 1. The molecule has 1 atom stereocenters. The van der Waals surface area contributed by atoms with Gasteiger partial charge < -0.3 is 24.8 Å². The first-order valence-electron chi connectivity index (χ1n) is 9.83. The van der Waals surface area contributed by atoms with Crippen LogP contribution < -0.4 is 20.1 Å². The number of para-hydroxylation sites is 1. The van der Waals surface area contributed by atoms with Crippen LogP contribution in [0.25, 0.3) is 0 Å². The highest BCUT2D eigenvalue weighted by Gasteiger charge is 2.35. The molecule has 1 heterocycles. The minimum atomic E-state index is -0.774. The fourth-order valence-electron chi connectivity index (χ4n) is 3.33. The number of benzene rings is 2. The van der Waals surface area contributed by atoms with Gasteiger partial charge in [0.1, 0.15) is 6.61 Å². The third-order valence-electron chi connectivity index (χ3n) is 4.64. The van der Waals surface area contributed by atoms with Crippen LogP contribution in [0.5, 0.6) is 11.5 Å². The second kappa shape index (κ2) is 9.75. The molecule has 2 aromatic carbocycles. The molecule has 1 unspecified atom stereocenters. The van der Waals surface area contributed by atoms with Gasteiger partial charge in [-0.05, 0) is 44.5 Å². The third kappa shape index (κ3) is 5.30. The number of carbonyl (C=O) groups is 2. The number of urea groups is 1. The van der Waals surface area contributed by atoms with Crippen LogP contribution >= 0.6 is 11.6 Å². The summed E-state index contributed by atoms with van der Waals surface area (Å²) in [5.74, 6) is 0.370. The molecule has 0 saturated carbocycles. The van der Waals surface area contributed by atoms with E-state index in [1.807, 2.05) is 12.1 Å². The Morgan fingerprint density at radius 3 is 2.61 bits per heavy atom. The van der Waals surface area contributed by atoms with Gasteiger partial charge in [-0.3, -0.25) is 0 Å². The maximum atomic E-state index is 12.8. The summed E-state index contributed by atoms with van der Waals surface area (Å²) >= 11 is 6.07. The molecule has 0 fully saturated rings. The highest BCUT2D eigenvalue weighted by Crippen LogP contribution is 2.39. The average molecular weight is 445 g/mol. The number of amides is 2. The maximum absolute atomic E-state index is 12.8. The van der Waals surface area contributed by atoms with E-state index < -0.39 is 18.0 Å². The predicted molar refractivity (Wildman–Crippen MR) is 117 cm³/mol. The Hall–Kier alpha value is -3.19. The summed E-state index contributed by atoms with van der Waals surface area (Å²) in [6, 6.07) is 11.4. The van der Waals surface area contributed by atoms with Crippen molar-refractivity contribution in [1.29, 1.82) is 0 Å². The number of halogens is 1. The summed E-state index contributed by atoms with van der Waals surface area (Å²) < 4.78 is 17.0. The smallest absolute Gasteiger partial charge is 0.338 e. The van der Waals surface area contributed by atoms with Crippen molar-refractivity contribution in [2.45, 2.75) is 39.5 Å². The monoisotopic (exact) mass is 444 g/mol. The van der Waals surface area contributed by atoms with Crippen molar-refractivity contribution < 1.29 is 23.8 Å². The van der Waals surface area contributed by atoms with Gasteiger partial charge in [-0.1, -0.05) is 35.9 Å². The lowest BCUT2D eigenvalue weighted by molar-refractivity contribution is -0.143. The molecule has 2 aromatic rings. The first-order valence-corrected chi connectivity index (χ1v) is 10.2. The summed E-state index contributed by atoms with van der Waals surface area (Å²) in [5.41, 5.74) is 2.16. The molecule has 1 aliphatic heterocycles. The molecule has 0 radical (unpaired) electrons. The van der Waals surface area contributed by atoms with E-state index in [2.05, 4.69) is 10.6 Å². The molecule has 2 amide bonds. The molecule has 0 spiro atoms. The maximum Gasteiger partial charge on any atom is 0.338 e. The lowest BCUT2D eigenvalue weighted by Crippen LogP contribution is -2.45. The van der Waals surface area contributed by atoms with Crippen molar-refractivity contribution >= 4 is 23.6 Å². The largest absolute Gasteiger partial charge is 0.493 e. The Bertz CT molecular complexity index is 1020. The first kappa shape index (κ1) is 22.5. The zero-order valence-electron chi connectivity index (χ0n) is 17.8. The van der Waals surface area contributed by atoms with Crippen LogP contribution in [0.3, 0.4) is 0 Å². The highest BCUT2D eigenvalue weighted by atomic mass is 35.5. The summed E-state index contributed by atoms with van der Waals surface area (Å²) in [6.45, 7) is 5.42. The quantitative estimate of drug-likeness (QED) is 0.614. The van der Waals surface area contributed by atoms with E-state index >= 15 is 0 Å². The van der Waals surface area contributed by atoms with E-state index in [9.17, 15) is 9.59 Å². The number of hydrogen-bond donors (Lipinski definition) is 2. The summed E-state index contributed by atoms with van der Waals surface area (Å²) in [4.78, 5) is 25.1. The van der Waals surface area contributed by atoms with E-state index in [1.165, 1.54) is 7.11 Å². The second-order valence-corrected chi connectivity index (χ2v) is 7.76. The molecular weight excluding hydrogens is 420 g/mol. The standard InChI is InChI=1S/C23H25ClN2O5/c1-13(2)31-22(27)19-14(3)25-23(28)26-20(19)17-9-6-10-18(29-4)21(17)30-12-15-7-5-8-16(24)11-15/h5-11,13,20H,12H2,1-4H3,(H2,25,26,28).